The molecule has 218 valence electrons. The first-order valence-electron chi connectivity index (χ1n) is 14.7. The van der Waals surface area contributed by atoms with Crippen LogP contribution < -0.4 is 16.2 Å². The third-order valence-electron chi connectivity index (χ3n) is 8.18. The number of likely N-dealkylation sites (N-methyl/N-ethyl adjacent to an activating group) is 1. The number of pyridine rings is 1. The average molecular weight is 568 g/mol. The molecule has 2 aromatic carbocycles. The van der Waals surface area contributed by atoms with Crippen LogP contribution in [0.2, 0.25) is 0 Å². The van der Waals surface area contributed by atoms with Crippen LogP contribution in [-0.2, 0) is 24.1 Å². The van der Waals surface area contributed by atoms with Gasteiger partial charge in [-0.25, -0.2) is 10.5 Å². The van der Waals surface area contributed by atoms with Gasteiger partial charge in [-0.05, 0) is 80.6 Å². The molecule has 1 saturated heterocycles. The molecule has 2 aliphatic rings. The minimum absolute atomic E-state index is 0.0343. The van der Waals surface area contributed by atoms with Crippen LogP contribution in [-0.4, -0.2) is 76.6 Å². The van der Waals surface area contributed by atoms with E-state index >= 15 is 0 Å². The second-order valence-electron chi connectivity index (χ2n) is 11.1. The zero-order valence-electron chi connectivity index (χ0n) is 24.2. The molecule has 2 aromatic heterocycles. The van der Waals surface area contributed by atoms with Crippen LogP contribution >= 0.6 is 0 Å². The number of piperazine rings is 1. The molecule has 0 unspecified atom stereocenters. The van der Waals surface area contributed by atoms with E-state index in [2.05, 4.69) is 56.9 Å². The number of nitrogens with one attached hydrogen (secondary N) is 2. The third kappa shape index (κ3) is 6.06. The molecule has 0 radical (unpaired) electrons. The fourth-order valence-electron chi connectivity index (χ4n) is 5.67. The summed E-state index contributed by atoms with van der Waals surface area (Å²) in [5.74, 6) is -0.234. The molecule has 1 amide bonds. The van der Waals surface area contributed by atoms with Crippen LogP contribution in [0.3, 0.4) is 0 Å². The molecular weight excluding hydrogens is 530 g/mol. The molecular formula is C32H37N7O3. The summed E-state index contributed by atoms with van der Waals surface area (Å²) >= 11 is 0. The number of nitrogens with zero attached hydrogens (tertiary/aromatic N) is 5. The summed E-state index contributed by atoms with van der Waals surface area (Å²) in [7, 11) is 2.17. The highest BCUT2D eigenvalue weighted by Crippen LogP contribution is 2.26. The van der Waals surface area contributed by atoms with Crippen molar-refractivity contribution in [2.75, 3.05) is 51.7 Å². The molecule has 0 atom stereocenters. The summed E-state index contributed by atoms with van der Waals surface area (Å²) in [5, 5.41) is 3.54. The first-order chi connectivity index (χ1) is 20.5. The van der Waals surface area contributed by atoms with Crippen molar-refractivity contribution in [3.8, 4) is 5.69 Å². The lowest BCUT2D eigenvalue weighted by atomic mass is 10.1. The topological polar surface area (TPSA) is 105 Å². The maximum Gasteiger partial charge on any atom is 0.280 e. The number of aromatic nitrogens is 3. The van der Waals surface area contributed by atoms with Gasteiger partial charge in [-0.1, -0.05) is 18.2 Å². The zero-order chi connectivity index (χ0) is 29.1. The van der Waals surface area contributed by atoms with Crippen LogP contribution in [0.15, 0.2) is 59.7 Å². The number of anilines is 2. The number of fused-ring (bicyclic) bond motifs is 2. The normalized spacial score (nSPS) is 15.6. The smallest absolute Gasteiger partial charge is 0.280 e. The number of hydrogen-bond donors (Lipinski definition) is 2. The summed E-state index contributed by atoms with van der Waals surface area (Å²) in [5.41, 5.74) is 7.87. The Kier molecular flexibility index (Phi) is 8.27. The van der Waals surface area contributed by atoms with Gasteiger partial charge in [0.1, 0.15) is 5.56 Å². The van der Waals surface area contributed by atoms with Gasteiger partial charge in [0.25, 0.3) is 5.91 Å². The standard InChI is InChI=1S/C32H37N7O3/c1-3-42-36-31(41)28-21-39(26-12-9-23-5-4-6-24(23)19-26)30-27(29(28)40)20-33-32(35-30)34-25-10-7-22(8-11-25)13-14-38-17-15-37(2)16-18-38/h7-12,19-21H,3-6,13-18H2,1-2H3,(H,36,41)(H,33,34,35). The molecule has 2 N–H and O–H groups in total. The second kappa shape index (κ2) is 12.4. The number of benzene rings is 2. The summed E-state index contributed by atoms with van der Waals surface area (Å²) < 4.78 is 1.80. The van der Waals surface area contributed by atoms with Crippen molar-refractivity contribution >= 4 is 28.6 Å². The zero-order valence-corrected chi connectivity index (χ0v) is 24.2. The molecule has 6 rings (SSSR count). The molecule has 10 heteroatoms. The minimum Gasteiger partial charge on any atom is -0.324 e. The molecule has 0 saturated carbocycles. The van der Waals surface area contributed by atoms with Gasteiger partial charge in [0.05, 0.1) is 12.0 Å². The highest BCUT2D eigenvalue weighted by atomic mass is 16.6. The summed E-state index contributed by atoms with van der Waals surface area (Å²) in [6, 6.07) is 14.6. The highest BCUT2D eigenvalue weighted by Gasteiger charge is 2.20. The van der Waals surface area contributed by atoms with Crippen molar-refractivity contribution in [3.05, 3.63) is 87.3 Å². The molecule has 0 bridgehead atoms. The highest BCUT2D eigenvalue weighted by molar-refractivity contribution is 5.96. The molecule has 42 heavy (non-hydrogen) atoms. The summed E-state index contributed by atoms with van der Waals surface area (Å²) in [6.07, 6.45) is 7.22. The van der Waals surface area contributed by atoms with E-state index in [-0.39, 0.29) is 17.6 Å². The van der Waals surface area contributed by atoms with Gasteiger partial charge >= 0.3 is 0 Å². The number of carbonyl (C=O) groups excluding carboxylic acids is 1. The van der Waals surface area contributed by atoms with Crippen LogP contribution in [0.4, 0.5) is 11.6 Å². The van der Waals surface area contributed by atoms with Crippen molar-refractivity contribution in [3.63, 3.8) is 0 Å². The number of amides is 1. The number of carbonyl (C=O) groups is 1. The fraction of sp³-hybridized carbons (Fsp3) is 0.375. The number of aryl methyl sites for hydroxylation is 2. The van der Waals surface area contributed by atoms with E-state index in [1.807, 2.05) is 18.2 Å². The van der Waals surface area contributed by atoms with Gasteiger partial charge in [-0.15, -0.1) is 0 Å². The van der Waals surface area contributed by atoms with E-state index in [1.165, 1.54) is 22.9 Å². The summed E-state index contributed by atoms with van der Waals surface area (Å²) in [6.45, 7) is 7.57. The second-order valence-corrected chi connectivity index (χ2v) is 11.1. The quantitative estimate of drug-likeness (QED) is 0.296. The molecule has 1 fully saturated rings. The average Bonchev–Trinajstić information content (AvgIpc) is 3.49. The molecule has 3 heterocycles. The number of rotatable bonds is 9. The predicted octanol–water partition coefficient (Wildman–Crippen LogP) is 3.48. The largest absolute Gasteiger partial charge is 0.324 e. The molecule has 1 aliphatic carbocycles. The van der Waals surface area contributed by atoms with E-state index < -0.39 is 11.3 Å². The van der Waals surface area contributed by atoms with E-state index in [0.29, 0.717) is 11.6 Å². The summed E-state index contributed by atoms with van der Waals surface area (Å²) in [4.78, 5) is 45.3. The molecule has 1 aliphatic heterocycles. The van der Waals surface area contributed by atoms with Gasteiger partial charge in [0.2, 0.25) is 11.4 Å². The van der Waals surface area contributed by atoms with Gasteiger partial charge in [0, 0.05) is 56.5 Å². The SMILES string of the molecule is CCONC(=O)c1cn(-c2ccc3c(c2)CCC3)c2nc(Nc3ccc(CCN4CCN(C)CC4)cc3)ncc2c1=O. The van der Waals surface area contributed by atoms with Crippen molar-refractivity contribution in [2.45, 2.75) is 32.6 Å². The minimum atomic E-state index is -0.603. The Morgan fingerprint density at radius 1 is 1.02 bits per heavy atom. The Morgan fingerprint density at radius 3 is 2.60 bits per heavy atom. The van der Waals surface area contributed by atoms with Gasteiger partial charge in [0.15, 0.2) is 5.65 Å². The number of hydroxylamine groups is 1. The van der Waals surface area contributed by atoms with Crippen LogP contribution in [0.25, 0.3) is 16.7 Å². The Labute approximate surface area is 245 Å². The first kappa shape index (κ1) is 28.0. The number of hydrogen-bond acceptors (Lipinski definition) is 8. The Morgan fingerprint density at radius 2 is 1.81 bits per heavy atom. The van der Waals surface area contributed by atoms with E-state index in [1.54, 1.807) is 17.7 Å². The lowest BCUT2D eigenvalue weighted by Crippen LogP contribution is -2.45. The van der Waals surface area contributed by atoms with E-state index in [4.69, 9.17) is 9.82 Å². The lowest BCUT2D eigenvalue weighted by Gasteiger charge is -2.32. The fourth-order valence-corrected chi connectivity index (χ4v) is 5.67. The Hall–Kier alpha value is -4.12. The predicted molar refractivity (Wildman–Crippen MR) is 164 cm³/mol. The van der Waals surface area contributed by atoms with Crippen molar-refractivity contribution < 1.29 is 9.63 Å². The van der Waals surface area contributed by atoms with Crippen molar-refractivity contribution in [1.29, 1.82) is 0 Å². The van der Waals surface area contributed by atoms with E-state index in [9.17, 15) is 9.59 Å². The van der Waals surface area contributed by atoms with Crippen LogP contribution in [0.5, 0.6) is 0 Å². The Balaban J connectivity index is 1.27. The van der Waals surface area contributed by atoms with Crippen molar-refractivity contribution in [2.24, 2.45) is 0 Å². The Bertz CT molecular complexity index is 1640. The maximum atomic E-state index is 13.4. The van der Waals surface area contributed by atoms with Gasteiger partial charge in [-0.2, -0.15) is 4.98 Å². The molecule has 10 nitrogen and oxygen atoms in total. The van der Waals surface area contributed by atoms with Gasteiger partial charge < -0.3 is 19.7 Å². The van der Waals surface area contributed by atoms with Crippen LogP contribution in [0.1, 0.15) is 40.4 Å². The molecule has 0 spiro atoms. The lowest BCUT2D eigenvalue weighted by molar-refractivity contribution is 0.0363. The monoisotopic (exact) mass is 567 g/mol. The maximum absolute atomic E-state index is 13.4. The van der Waals surface area contributed by atoms with Crippen LogP contribution in [0, 0.1) is 0 Å². The molecule has 4 aromatic rings. The van der Waals surface area contributed by atoms with Gasteiger partial charge in [-0.3, -0.25) is 14.4 Å². The third-order valence-corrected chi connectivity index (χ3v) is 8.18. The first-order valence-corrected chi connectivity index (χ1v) is 14.7. The van der Waals surface area contributed by atoms with E-state index in [0.717, 1.165) is 69.8 Å². The van der Waals surface area contributed by atoms with Crippen molar-refractivity contribution in [1.82, 2.24) is 29.8 Å².